The first-order chi connectivity index (χ1) is 8.47. The molecule has 102 valence electrons. The minimum Gasteiger partial charge on any atom is -0.481 e. The van der Waals surface area contributed by atoms with Crippen molar-refractivity contribution in [2.24, 2.45) is 0 Å². The van der Waals surface area contributed by atoms with E-state index in [9.17, 15) is 14.4 Å². The Hall–Kier alpha value is -1.17. The lowest BCUT2D eigenvalue weighted by atomic mass is 10.1. The van der Waals surface area contributed by atoms with E-state index >= 15 is 0 Å². The van der Waals surface area contributed by atoms with E-state index in [2.05, 4.69) is 21.2 Å². The molecule has 0 rings (SSSR count). The molecule has 0 bridgehead atoms. The molecule has 5 nitrogen and oxygen atoms in total. The molecule has 0 aromatic rings. The van der Waals surface area contributed by atoms with Gasteiger partial charge in [-0.3, -0.25) is 14.4 Å². The summed E-state index contributed by atoms with van der Waals surface area (Å²) in [6, 6.07) is 0. The first-order valence-corrected chi connectivity index (χ1v) is 6.66. The van der Waals surface area contributed by atoms with Crippen molar-refractivity contribution in [3.63, 3.8) is 0 Å². The molecule has 2 N–H and O–H groups in total. The number of ketones is 1. The number of nitrogens with one attached hydrogen (secondary N) is 1. The van der Waals surface area contributed by atoms with Gasteiger partial charge in [0.1, 0.15) is 0 Å². The number of carboxylic acids is 1. The van der Waals surface area contributed by atoms with Crippen LogP contribution >= 0.6 is 15.9 Å². The maximum atomic E-state index is 11.6. The van der Waals surface area contributed by atoms with Gasteiger partial charge in [0.25, 0.3) is 0 Å². The van der Waals surface area contributed by atoms with Gasteiger partial charge in [-0.25, -0.2) is 0 Å². The summed E-state index contributed by atoms with van der Waals surface area (Å²) in [5.74, 6) is -1.36. The topological polar surface area (TPSA) is 83.5 Å². The van der Waals surface area contributed by atoms with Crippen LogP contribution in [0, 0.1) is 0 Å². The number of carboxylic acid groups (broad SMARTS) is 1. The Morgan fingerprint density at radius 1 is 1.22 bits per heavy atom. The van der Waals surface area contributed by atoms with Crippen LogP contribution in [0.15, 0.2) is 10.6 Å². The van der Waals surface area contributed by atoms with Gasteiger partial charge in [0.15, 0.2) is 5.78 Å². The van der Waals surface area contributed by atoms with Gasteiger partial charge < -0.3 is 10.4 Å². The van der Waals surface area contributed by atoms with Gasteiger partial charge in [0.2, 0.25) is 5.91 Å². The lowest BCUT2D eigenvalue weighted by Gasteiger charge is -2.01. The molecule has 0 aromatic heterocycles. The second kappa shape index (κ2) is 9.82. The third-order valence-electron chi connectivity index (χ3n) is 2.12. The number of carbonyl (C=O) groups excluding carboxylic acids is 2. The molecule has 0 atom stereocenters. The number of amides is 1. The monoisotopic (exact) mass is 319 g/mol. The van der Waals surface area contributed by atoms with Gasteiger partial charge in [-0.2, -0.15) is 0 Å². The highest BCUT2D eigenvalue weighted by Crippen LogP contribution is 2.12. The van der Waals surface area contributed by atoms with Crippen molar-refractivity contribution in [2.75, 3.05) is 6.54 Å². The first-order valence-electron chi connectivity index (χ1n) is 5.87. The quantitative estimate of drug-likeness (QED) is 0.503. The average Bonchev–Trinajstić information content (AvgIpc) is 2.31. The number of hydrogen-bond donors (Lipinski definition) is 2. The van der Waals surface area contributed by atoms with Crippen LogP contribution in [-0.4, -0.2) is 29.3 Å². The first kappa shape index (κ1) is 16.8. The molecule has 0 aliphatic rings. The van der Waals surface area contributed by atoms with E-state index in [0.29, 0.717) is 19.4 Å². The van der Waals surface area contributed by atoms with Crippen LogP contribution in [0.4, 0.5) is 0 Å². The van der Waals surface area contributed by atoms with Crippen LogP contribution in [0.2, 0.25) is 0 Å². The predicted octanol–water partition coefficient (Wildman–Crippen LogP) is 2.01. The Balaban J connectivity index is 3.97. The van der Waals surface area contributed by atoms with Crippen LogP contribution < -0.4 is 5.32 Å². The Bertz CT molecular complexity index is 339. The predicted molar refractivity (Wildman–Crippen MR) is 71.4 cm³/mol. The van der Waals surface area contributed by atoms with Crippen molar-refractivity contribution in [2.45, 2.75) is 39.0 Å². The number of aliphatic carboxylic acids is 1. The summed E-state index contributed by atoms with van der Waals surface area (Å²) in [6.07, 6.45) is 3.32. The summed E-state index contributed by atoms with van der Waals surface area (Å²) in [4.78, 5) is 33.1. The molecule has 0 heterocycles. The smallest absolute Gasteiger partial charge is 0.303 e. The highest BCUT2D eigenvalue weighted by atomic mass is 79.9. The third-order valence-corrected chi connectivity index (χ3v) is 2.79. The summed E-state index contributed by atoms with van der Waals surface area (Å²) in [5, 5.41) is 11.1. The number of halogens is 1. The standard InChI is InChI=1S/C12H18BrNO4/c1-2-7-14-11(16)8-9(13)10(15)5-3-4-6-12(17)18/h8H,2-7H2,1H3,(H,14,16)(H,17,18)/b9-8-. The van der Waals surface area contributed by atoms with Crippen molar-refractivity contribution in [1.29, 1.82) is 0 Å². The van der Waals surface area contributed by atoms with Crippen LogP contribution in [0.1, 0.15) is 39.0 Å². The second-order valence-electron chi connectivity index (χ2n) is 3.81. The Kier molecular flexibility index (Phi) is 9.18. The van der Waals surface area contributed by atoms with Crippen LogP contribution in [-0.2, 0) is 14.4 Å². The molecular formula is C12H18BrNO4. The number of unbranched alkanes of at least 4 members (excludes halogenated alkanes) is 1. The third kappa shape index (κ3) is 8.92. The van der Waals surface area contributed by atoms with Crippen LogP contribution in [0.5, 0.6) is 0 Å². The Morgan fingerprint density at radius 3 is 2.39 bits per heavy atom. The average molecular weight is 320 g/mol. The van der Waals surface area contributed by atoms with E-state index in [4.69, 9.17) is 5.11 Å². The molecular weight excluding hydrogens is 302 g/mol. The molecule has 0 spiro atoms. The minimum atomic E-state index is -0.865. The van der Waals surface area contributed by atoms with Gasteiger partial charge in [-0.15, -0.1) is 0 Å². The van der Waals surface area contributed by atoms with E-state index in [1.807, 2.05) is 6.92 Å². The lowest BCUT2D eigenvalue weighted by molar-refractivity contribution is -0.137. The number of hydrogen-bond acceptors (Lipinski definition) is 3. The zero-order chi connectivity index (χ0) is 14.0. The molecule has 0 unspecified atom stereocenters. The van der Waals surface area contributed by atoms with Crippen molar-refractivity contribution >= 4 is 33.6 Å². The second-order valence-corrected chi connectivity index (χ2v) is 4.66. The van der Waals surface area contributed by atoms with Gasteiger partial charge >= 0.3 is 5.97 Å². The fourth-order valence-electron chi connectivity index (χ4n) is 1.18. The van der Waals surface area contributed by atoms with Crippen molar-refractivity contribution in [3.05, 3.63) is 10.6 Å². The molecule has 0 aromatic carbocycles. The van der Waals surface area contributed by atoms with Crippen molar-refractivity contribution in [1.82, 2.24) is 5.32 Å². The maximum Gasteiger partial charge on any atom is 0.303 e. The molecule has 0 saturated carbocycles. The fourth-order valence-corrected chi connectivity index (χ4v) is 1.58. The van der Waals surface area contributed by atoms with Crippen molar-refractivity contribution < 1.29 is 19.5 Å². The highest BCUT2D eigenvalue weighted by Gasteiger charge is 2.08. The minimum absolute atomic E-state index is 0.0611. The summed E-state index contributed by atoms with van der Waals surface area (Å²) in [7, 11) is 0. The van der Waals surface area contributed by atoms with Crippen LogP contribution in [0.25, 0.3) is 0 Å². The molecule has 18 heavy (non-hydrogen) atoms. The molecule has 0 saturated heterocycles. The molecule has 0 fully saturated rings. The molecule has 0 aliphatic carbocycles. The number of Topliss-reactive ketones (excluding diaryl/α,β-unsaturated/α-hetero) is 1. The van der Waals surface area contributed by atoms with Gasteiger partial charge in [0.05, 0.1) is 4.48 Å². The Morgan fingerprint density at radius 2 is 1.83 bits per heavy atom. The zero-order valence-electron chi connectivity index (χ0n) is 10.4. The summed E-state index contributed by atoms with van der Waals surface area (Å²) >= 11 is 3.05. The number of rotatable bonds is 9. The Labute approximate surface area is 115 Å². The van der Waals surface area contributed by atoms with E-state index < -0.39 is 5.97 Å². The highest BCUT2D eigenvalue weighted by molar-refractivity contribution is 9.12. The lowest BCUT2D eigenvalue weighted by Crippen LogP contribution is -2.22. The maximum absolute atomic E-state index is 11.6. The van der Waals surface area contributed by atoms with E-state index in [1.165, 1.54) is 6.08 Å². The molecule has 0 radical (unpaired) electrons. The van der Waals surface area contributed by atoms with E-state index in [1.54, 1.807) is 0 Å². The van der Waals surface area contributed by atoms with Gasteiger partial charge in [0, 0.05) is 25.5 Å². The normalized spacial score (nSPS) is 11.1. The summed E-state index contributed by atoms with van der Waals surface area (Å²) < 4.78 is 0.228. The number of allylic oxidation sites excluding steroid dienone is 1. The van der Waals surface area contributed by atoms with Crippen molar-refractivity contribution in [3.8, 4) is 0 Å². The van der Waals surface area contributed by atoms with Crippen LogP contribution in [0.3, 0.4) is 0 Å². The summed E-state index contributed by atoms with van der Waals surface area (Å²) in [6.45, 7) is 2.51. The van der Waals surface area contributed by atoms with E-state index in [0.717, 1.165) is 6.42 Å². The molecule has 6 heteroatoms. The summed E-state index contributed by atoms with van der Waals surface area (Å²) in [5.41, 5.74) is 0. The largest absolute Gasteiger partial charge is 0.481 e. The zero-order valence-corrected chi connectivity index (χ0v) is 12.0. The molecule has 0 aliphatic heterocycles. The SMILES string of the molecule is CCCNC(=O)/C=C(\Br)C(=O)CCCCC(=O)O. The fraction of sp³-hybridized carbons (Fsp3) is 0.583. The van der Waals surface area contributed by atoms with Gasteiger partial charge in [-0.05, 0) is 35.2 Å². The van der Waals surface area contributed by atoms with E-state index in [-0.39, 0.29) is 29.0 Å². The van der Waals surface area contributed by atoms with Gasteiger partial charge in [-0.1, -0.05) is 6.92 Å². The molecule has 1 amide bonds. The number of carbonyl (C=O) groups is 3.